The quantitative estimate of drug-likeness (QED) is 0.425. The fraction of sp³-hybridized carbons (Fsp3) is 0. The molecule has 2 heterocycles. The molecule has 3 rings (SSSR count). The van der Waals surface area contributed by atoms with E-state index in [2.05, 4.69) is 9.97 Å². The van der Waals surface area contributed by atoms with E-state index in [0.29, 0.717) is 21.6 Å². The zero-order chi connectivity index (χ0) is 16.7. The number of nitrogens with two attached hydrogens (primary N) is 2. The number of rotatable bonds is 2. The molecule has 0 bridgehead atoms. The normalized spacial score (nSPS) is 10.9. The molecule has 2 aromatic heterocycles. The van der Waals surface area contributed by atoms with Crippen molar-refractivity contribution in [2.45, 2.75) is 0 Å². The summed E-state index contributed by atoms with van der Waals surface area (Å²) in [5.74, 6) is -0.657. The first-order valence-electron chi connectivity index (χ1n) is 6.50. The number of H-pyrrole nitrogens is 1. The molecule has 0 spiro atoms. The molecule has 0 aliphatic rings. The third-order valence-electron chi connectivity index (χ3n) is 3.50. The fourth-order valence-electron chi connectivity index (χ4n) is 2.42. The number of aromatic nitrogens is 2. The minimum absolute atomic E-state index is 0.0959. The minimum Gasteiger partial charge on any atom is -0.396 e. The molecule has 0 atom stereocenters. The van der Waals surface area contributed by atoms with Gasteiger partial charge in [-0.2, -0.15) is 0 Å². The lowest BCUT2D eigenvalue weighted by molar-refractivity contribution is 0.632. The summed E-state index contributed by atoms with van der Waals surface area (Å²) in [5.41, 5.74) is 12.3. The highest BCUT2D eigenvalue weighted by molar-refractivity contribution is 6.31. The highest BCUT2D eigenvalue weighted by Crippen LogP contribution is 2.35. The van der Waals surface area contributed by atoms with Crippen molar-refractivity contribution in [2.75, 3.05) is 11.5 Å². The molecule has 0 amide bonds. The van der Waals surface area contributed by atoms with Crippen molar-refractivity contribution < 1.29 is 4.39 Å². The average Bonchev–Trinajstić information content (AvgIpc) is 2.52. The zero-order valence-corrected chi connectivity index (χ0v) is 12.4. The number of fused-ring (bicyclic) bond motifs is 1. The number of aromatic amines is 1. The first kappa shape index (κ1) is 15.0. The van der Waals surface area contributed by atoms with Crippen molar-refractivity contribution in [1.29, 1.82) is 5.41 Å². The Hall–Kier alpha value is -2.93. The van der Waals surface area contributed by atoms with Gasteiger partial charge in [0, 0.05) is 23.5 Å². The van der Waals surface area contributed by atoms with Gasteiger partial charge in [0.25, 0.3) is 5.56 Å². The second-order valence-electron chi connectivity index (χ2n) is 4.86. The summed E-state index contributed by atoms with van der Waals surface area (Å²) in [5, 5.41) is 7.84. The van der Waals surface area contributed by atoms with Crippen LogP contribution in [0.5, 0.6) is 0 Å². The molecule has 116 valence electrons. The van der Waals surface area contributed by atoms with Crippen LogP contribution in [0.2, 0.25) is 5.02 Å². The highest BCUT2D eigenvalue weighted by atomic mass is 35.5. The van der Waals surface area contributed by atoms with Crippen LogP contribution in [0.3, 0.4) is 0 Å². The highest BCUT2D eigenvalue weighted by Gasteiger charge is 2.18. The van der Waals surface area contributed by atoms with Crippen molar-refractivity contribution in [3.63, 3.8) is 0 Å². The van der Waals surface area contributed by atoms with E-state index in [1.54, 1.807) is 0 Å². The predicted octanol–water partition coefficient (Wildman–Crippen LogP) is 2.54. The molecule has 0 aliphatic carbocycles. The maximum absolute atomic E-state index is 13.6. The second-order valence-corrected chi connectivity index (χ2v) is 5.30. The number of hydrogen-bond donors (Lipinski definition) is 4. The molecule has 0 fully saturated rings. The molecule has 23 heavy (non-hydrogen) atoms. The van der Waals surface area contributed by atoms with E-state index >= 15 is 0 Å². The van der Waals surface area contributed by atoms with Crippen LogP contribution in [-0.2, 0) is 0 Å². The number of nitrogens with zero attached hydrogens (tertiary/aromatic N) is 1. The molecule has 3 aromatic rings. The van der Waals surface area contributed by atoms with Crippen LogP contribution in [0.15, 0.2) is 29.2 Å². The molecule has 8 heteroatoms. The average molecular weight is 332 g/mol. The van der Waals surface area contributed by atoms with Crippen molar-refractivity contribution in [2.24, 2.45) is 0 Å². The summed E-state index contributed by atoms with van der Waals surface area (Å²) in [7, 11) is 0. The number of pyridine rings is 2. The van der Waals surface area contributed by atoms with Gasteiger partial charge in [0.05, 0.1) is 21.7 Å². The van der Waals surface area contributed by atoms with Gasteiger partial charge in [0.2, 0.25) is 0 Å². The van der Waals surface area contributed by atoms with Gasteiger partial charge in [0.1, 0.15) is 11.5 Å². The Labute approximate surface area is 134 Å². The Bertz CT molecular complexity index is 1010. The molecule has 6 nitrogen and oxygen atoms in total. The summed E-state index contributed by atoms with van der Waals surface area (Å²) >= 11 is 5.89. The van der Waals surface area contributed by atoms with E-state index in [1.807, 2.05) is 0 Å². The van der Waals surface area contributed by atoms with Crippen LogP contribution in [0.25, 0.3) is 22.2 Å². The van der Waals surface area contributed by atoms with Crippen LogP contribution >= 0.6 is 11.6 Å². The van der Waals surface area contributed by atoms with Gasteiger partial charge >= 0.3 is 0 Å². The van der Waals surface area contributed by atoms with E-state index in [0.717, 1.165) is 12.3 Å². The molecular weight excluding hydrogens is 321 g/mol. The molecule has 0 unspecified atom stereocenters. The number of halogens is 2. The molecule has 0 radical (unpaired) electrons. The first-order valence-corrected chi connectivity index (χ1v) is 6.87. The van der Waals surface area contributed by atoms with Gasteiger partial charge in [-0.3, -0.25) is 9.78 Å². The summed E-state index contributed by atoms with van der Waals surface area (Å²) in [4.78, 5) is 18.9. The maximum atomic E-state index is 13.6. The Morgan fingerprint density at radius 2 is 2.04 bits per heavy atom. The number of anilines is 2. The van der Waals surface area contributed by atoms with Crippen LogP contribution in [-0.4, -0.2) is 16.2 Å². The third-order valence-corrected chi connectivity index (χ3v) is 3.71. The lowest BCUT2D eigenvalue weighted by Crippen LogP contribution is -2.14. The van der Waals surface area contributed by atoms with Gasteiger partial charge in [-0.05, 0) is 17.7 Å². The topological polar surface area (TPSA) is 122 Å². The second kappa shape index (κ2) is 5.36. The summed E-state index contributed by atoms with van der Waals surface area (Å²) in [6, 6.07) is 4.10. The monoisotopic (exact) mass is 331 g/mol. The van der Waals surface area contributed by atoms with Crippen molar-refractivity contribution in [3.8, 4) is 11.1 Å². The standard InChI is InChI=1S/C15H11ClFN5O/c16-6-3-10-14(21-5-6)11(13(20)15(23)22-10)7-1-2-9(17)12(19)8(7)4-18/h1-5,18H,19-20H2,(H,22,23). The van der Waals surface area contributed by atoms with Crippen molar-refractivity contribution in [3.05, 3.63) is 51.2 Å². The number of nitrogen functional groups attached to an aromatic ring is 2. The SMILES string of the molecule is N=Cc1c(-c2c(N)c(=O)[nH]c3cc(Cl)cnc23)ccc(F)c1N. The molecule has 6 N–H and O–H groups in total. The fourth-order valence-corrected chi connectivity index (χ4v) is 2.58. The summed E-state index contributed by atoms with van der Waals surface area (Å²) in [6.45, 7) is 0. The number of hydrogen-bond acceptors (Lipinski definition) is 5. The van der Waals surface area contributed by atoms with Crippen LogP contribution in [0.1, 0.15) is 5.56 Å². The van der Waals surface area contributed by atoms with Crippen LogP contribution in [0, 0.1) is 11.2 Å². The van der Waals surface area contributed by atoms with E-state index < -0.39 is 11.4 Å². The minimum atomic E-state index is -0.657. The Kier molecular flexibility index (Phi) is 3.49. The van der Waals surface area contributed by atoms with Crippen LogP contribution in [0.4, 0.5) is 15.8 Å². The van der Waals surface area contributed by atoms with E-state index in [4.69, 9.17) is 28.5 Å². The summed E-state index contributed by atoms with van der Waals surface area (Å²) < 4.78 is 13.6. The summed E-state index contributed by atoms with van der Waals surface area (Å²) in [6.07, 6.45) is 2.32. The predicted molar refractivity (Wildman–Crippen MR) is 89.5 cm³/mol. The molecule has 0 saturated heterocycles. The van der Waals surface area contributed by atoms with Gasteiger partial charge in [-0.25, -0.2) is 4.39 Å². The van der Waals surface area contributed by atoms with Crippen molar-refractivity contribution in [1.82, 2.24) is 9.97 Å². The lowest BCUT2D eigenvalue weighted by Gasteiger charge is -2.13. The van der Waals surface area contributed by atoms with E-state index in [9.17, 15) is 9.18 Å². The maximum Gasteiger partial charge on any atom is 0.272 e. The molecule has 0 aliphatic heterocycles. The number of nitrogens with one attached hydrogen (secondary N) is 2. The van der Waals surface area contributed by atoms with E-state index in [1.165, 1.54) is 18.3 Å². The Morgan fingerprint density at radius 3 is 2.74 bits per heavy atom. The first-order chi connectivity index (χ1) is 10.9. The number of benzene rings is 1. The Morgan fingerprint density at radius 1 is 1.30 bits per heavy atom. The van der Waals surface area contributed by atoms with Crippen LogP contribution < -0.4 is 17.0 Å². The van der Waals surface area contributed by atoms with Gasteiger partial charge < -0.3 is 21.9 Å². The Balaban J connectivity index is 2.50. The van der Waals surface area contributed by atoms with Gasteiger partial charge in [0.15, 0.2) is 0 Å². The van der Waals surface area contributed by atoms with Gasteiger partial charge in [-0.1, -0.05) is 17.7 Å². The van der Waals surface area contributed by atoms with Gasteiger partial charge in [-0.15, -0.1) is 0 Å². The third kappa shape index (κ3) is 2.31. The zero-order valence-electron chi connectivity index (χ0n) is 11.7. The largest absolute Gasteiger partial charge is 0.396 e. The van der Waals surface area contributed by atoms with Crippen molar-refractivity contribution >= 4 is 40.2 Å². The molecule has 1 aromatic carbocycles. The smallest absolute Gasteiger partial charge is 0.272 e. The molecule has 0 saturated carbocycles. The van der Waals surface area contributed by atoms with E-state index in [-0.39, 0.29) is 22.5 Å². The lowest BCUT2D eigenvalue weighted by atomic mass is 9.96. The molecular formula is C15H11ClFN5O.